The lowest BCUT2D eigenvalue weighted by Crippen LogP contribution is -2.20. The van der Waals surface area contributed by atoms with Crippen LogP contribution in [-0.2, 0) is 6.54 Å². The first-order valence-corrected chi connectivity index (χ1v) is 7.81. The fourth-order valence-electron chi connectivity index (χ4n) is 2.95. The SMILES string of the molecule is Nc1nc2cc(-c3ccn[nH]3)ccc2c2[nH]c(CNCC(F)F)cc12. The molecule has 0 aliphatic heterocycles. The summed E-state index contributed by atoms with van der Waals surface area (Å²) in [7, 11) is 0. The molecule has 1 aromatic carbocycles. The van der Waals surface area contributed by atoms with E-state index < -0.39 is 6.43 Å². The smallest absolute Gasteiger partial charge is 0.250 e. The summed E-state index contributed by atoms with van der Waals surface area (Å²) >= 11 is 0. The third kappa shape index (κ3) is 2.91. The van der Waals surface area contributed by atoms with Crippen LogP contribution in [0, 0.1) is 0 Å². The number of fused-ring (bicyclic) bond motifs is 3. The van der Waals surface area contributed by atoms with Crippen LogP contribution >= 0.6 is 0 Å². The van der Waals surface area contributed by atoms with Gasteiger partial charge in [-0.2, -0.15) is 5.10 Å². The Hall–Kier alpha value is -3.00. The normalized spacial score (nSPS) is 11.8. The lowest BCUT2D eigenvalue weighted by molar-refractivity contribution is 0.145. The summed E-state index contributed by atoms with van der Waals surface area (Å²) in [6, 6.07) is 9.60. The molecule has 25 heavy (non-hydrogen) atoms. The van der Waals surface area contributed by atoms with Crippen molar-refractivity contribution in [2.24, 2.45) is 0 Å². The van der Waals surface area contributed by atoms with Crippen molar-refractivity contribution >= 4 is 27.6 Å². The zero-order chi connectivity index (χ0) is 17.4. The van der Waals surface area contributed by atoms with E-state index in [1.165, 1.54) is 0 Å². The van der Waals surface area contributed by atoms with Crippen LogP contribution < -0.4 is 11.1 Å². The highest BCUT2D eigenvalue weighted by Gasteiger charge is 2.12. The fraction of sp³-hybridized carbons (Fsp3) is 0.176. The van der Waals surface area contributed by atoms with Gasteiger partial charge in [-0.1, -0.05) is 12.1 Å². The first-order chi connectivity index (χ1) is 12.1. The quantitative estimate of drug-likeness (QED) is 0.448. The van der Waals surface area contributed by atoms with Crippen molar-refractivity contribution in [1.82, 2.24) is 25.5 Å². The molecular weight excluding hydrogens is 326 g/mol. The average Bonchev–Trinajstić information content (AvgIpc) is 3.24. The minimum absolute atomic E-state index is 0.312. The van der Waals surface area contributed by atoms with Gasteiger partial charge in [-0.15, -0.1) is 0 Å². The second kappa shape index (κ2) is 6.14. The van der Waals surface area contributed by atoms with E-state index in [2.05, 4.69) is 25.5 Å². The standard InChI is InChI=1S/C17H16F2N6/c18-15(19)8-21-7-10-6-12-16(23-10)11-2-1-9(13-3-4-22-25-13)5-14(11)24-17(12)20/h1-6,15,21,23H,7-8H2,(H2,20,24)(H,22,25). The van der Waals surface area contributed by atoms with Gasteiger partial charge >= 0.3 is 0 Å². The number of aromatic nitrogens is 4. The molecule has 3 aromatic heterocycles. The van der Waals surface area contributed by atoms with Gasteiger partial charge in [0.05, 0.1) is 23.3 Å². The number of nitrogens with one attached hydrogen (secondary N) is 3. The molecule has 4 aromatic rings. The topological polar surface area (TPSA) is 95.4 Å². The van der Waals surface area contributed by atoms with E-state index >= 15 is 0 Å². The Morgan fingerprint density at radius 1 is 1.16 bits per heavy atom. The molecule has 0 unspecified atom stereocenters. The van der Waals surface area contributed by atoms with Gasteiger partial charge in [0.15, 0.2) is 0 Å². The summed E-state index contributed by atoms with van der Waals surface area (Å²) in [4.78, 5) is 7.74. The van der Waals surface area contributed by atoms with Crippen LogP contribution in [0.15, 0.2) is 36.5 Å². The van der Waals surface area contributed by atoms with Gasteiger partial charge in [0.25, 0.3) is 6.43 Å². The maximum atomic E-state index is 12.3. The maximum Gasteiger partial charge on any atom is 0.250 e. The van der Waals surface area contributed by atoms with Crippen LogP contribution in [0.3, 0.4) is 0 Å². The number of nitrogen functional groups attached to an aromatic ring is 1. The number of hydrogen-bond acceptors (Lipinski definition) is 4. The van der Waals surface area contributed by atoms with Crippen LogP contribution in [0.4, 0.5) is 14.6 Å². The second-order valence-electron chi connectivity index (χ2n) is 5.80. The number of pyridine rings is 1. The number of nitrogens with two attached hydrogens (primary N) is 1. The van der Waals surface area contributed by atoms with Crippen LogP contribution in [0.1, 0.15) is 5.69 Å². The Morgan fingerprint density at radius 3 is 2.80 bits per heavy atom. The van der Waals surface area contributed by atoms with Gasteiger partial charge in [-0.25, -0.2) is 13.8 Å². The summed E-state index contributed by atoms with van der Waals surface area (Å²) in [5, 5.41) is 11.3. The molecular formula is C17H16F2N6. The average molecular weight is 342 g/mol. The lowest BCUT2D eigenvalue weighted by Gasteiger charge is -2.05. The molecule has 6 nitrogen and oxygen atoms in total. The Balaban J connectivity index is 1.76. The highest BCUT2D eigenvalue weighted by atomic mass is 19.3. The van der Waals surface area contributed by atoms with Gasteiger partial charge in [0.2, 0.25) is 0 Å². The summed E-state index contributed by atoms with van der Waals surface area (Å²) in [5.74, 6) is 0.403. The van der Waals surface area contributed by atoms with E-state index in [-0.39, 0.29) is 6.54 Å². The van der Waals surface area contributed by atoms with Crippen molar-refractivity contribution < 1.29 is 8.78 Å². The highest BCUT2D eigenvalue weighted by molar-refractivity contribution is 6.08. The molecule has 0 radical (unpaired) electrons. The first-order valence-electron chi connectivity index (χ1n) is 7.81. The van der Waals surface area contributed by atoms with Crippen molar-refractivity contribution in [3.8, 4) is 11.3 Å². The van der Waals surface area contributed by atoms with Crippen molar-refractivity contribution in [1.29, 1.82) is 0 Å². The van der Waals surface area contributed by atoms with Crippen molar-refractivity contribution in [2.45, 2.75) is 13.0 Å². The minimum Gasteiger partial charge on any atom is -0.383 e. The van der Waals surface area contributed by atoms with Gasteiger partial charge in [-0.3, -0.25) is 5.10 Å². The van der Waals surface area contributed by atoms with E-state index in [0.29, 0.717) is 12.4 Å². The van der Waals surface area contributed by atoms with Crippen LogP contribution in [0.5, 0.6) is 0 Å². The molecule has 0 fully saturated rings. The first kappa shape index (κ1) is 15.5. The van der Waals surface area contributed by atoms with E-state index in [0.717, 1.165) is 38.8 Å². The molecule has 0 saturated carbocycles. The molecule has 8 heteroatoms. The van der Waals surface area contributed by atoms with E-state index in [1.54, 1.807) is 6.20 Å². The number of H-pyrrole nitrogens is 2. The number of alkyl halides is 2. The van der Waals surface area contributed by atoms with Crippen LogP contribution in [0.2, 0.25) is 0 Å². The predicted molar refractivity (Wildman–Crippen MR) is 93.3 cm³/mol. The number of hydrogen-bond donors (Lipinski definition) is 4. The Morgan fingerprint density at radius 2 is 2.04 bits per heavy atom. The molecule has 3 heterocycles. The zero-order valence-corrected chi connectivity index (χ0v) is 13.2. The molecule has 0 saturated heterocycles. The summed E-state index contributed by atoms with van der Waals surface area (Å²) < 4.78 is 24.5. The summed E-state index contributed by atoms with van der Waals surface area (Å²) in [6.45, 7) is -0.0381. The Kier molecular flexibility index (Phi) is 3.81. The predicted octanol–water partition coefficient (Wildman–Crippen LogP) is 3.04. The van der Waals surface area contributed by atoms with Crippen molar-refractivity contribution in [3.05, 3.63) is 42.2 Å². The minimum atomic E-state index is -2.38. The van der Waals surface area contributed by atoms with E-state index in [9.17, 15) is 8.78 Å². The maximum absolute atomic E-state index is 12.3. The third-order valence-electron chi connectivity index (χ3n) is 4.08. The second-order valence-corrected chi connectivity index (χ2v) is 5.80. The molecule has 0 bridgehead atoms. The molecule has 128 valence electrons. The summed E-state index contributed by atoms with van der Waals surface area (Å²) in [6.07, 6.45) is -0.688. The monoisotopic (exact) mass is 342 g/mol. The zero-order valence-electron chi connectivity index (χ0n) is 13.2. The number of aromatic amines is 2. The van der Waals surface area contributed by atoms with E-state index in [1.807, 2.05) is 30.3 Å². The van der Waals surface area contributed by atoms with Gasteiger partial charge in [-0.05, 0) is 18.2 Å². The molecule has 5 N–H and O–H groups in total. The number of halogens is 2. The van der Waals surface area contributed by atoms with Crippen molar-refractivity contribution in [2.75, 3.05) is 12.3 Å². The third-order valence-corrected chi connectivity index (χ3v) is 4.08. The largest absolute Gasteiger partial charge is 0.383 e. The Bertz CT molecular complexity index is 1020. The number of benzene rings is 1. The van der Waals surface area contributed by atoms with Crippen molar-refractivity contribution in [3.63, 3.8) is 0 Å². The van der Waals surface area contributed by atoms with Crippen LogP contribution in [0.25, 0.3) is 33.1 Å². The number of rotatable bonds is 5. The fourth-order valence-corrected chi connectivity index (χ4v) is 2.95. The number of anilines is 1. The van der Waals surface area contributed by atoms with Gasteiger partial charge < -0.3 is 16.0 Å². The van der Waals surface area contributed by atoms with E-state index in [4.69, 9.17) is 5.73 Å². The molecule has 4 rings (SSSR count). The molecule has 0 spiro atoms. The molecule has 0 aliphatic rings. The van der Waals surface area contributed by atoms with Crippen LogP contribution in [-0.4, -0.2) is 33.1 Å². The van der Waals surface area contributed by atoms with Gasteiger partial charge in [0.1, 0.15) is 5.82 Å². The Labute approximate surface area is 141 Å². The molecule has 0 aliphatic carbocycles. The summed E-state index contributed by atoms with van der Waals surface area (Å²) in [5.41, 5.74) is 10.3. The molecule has 0 atom stereocenters. The van der Waals surface area contributed by atoms with Gasteiger partial charge in [0, 0.05) is 34.8 Å². The number of nitrogens with zero attached hydrogens (tertiary/aromatic N) is 2. The molecule has 0 amide bonds. The highest BCUT2D eigenvalue weighted by Crippen LogP contribution is 2.30. The lowest BCUT2D eigenvalue weighted by atomic mass is 10.1.